The summed E-state index contributed by atoms with van der Waals surface area (Å²) in [6.07, 6.45) is 6.53. The summed E-state index contributed by atoms with van der Waals surface area (Å²) in [7, 11) is 0. The fourth-order valence-electron chi connectivity index (χ4n) is 1.08. The Balaban J connectivity index is 2.14. The molecule has 0 aromatic carbocycles. The largest absolute Gasteiger partial charge is 0.360 e. The van der Waals surface area contributed by atoms with E-state index in [2.05, 4.69) is 11.4 Å². The minimum Gasteiger partial charge on any atom is -0.360 e. The van der Waals surface area contributed by atoms with Crippen LogP contribution in [0.15, 0.2) is 10.6 Å². The van der Waals surface area contributed by atoms with Gasteiger partial charge in [-0.25, -0.2) is 0 Å². The Kier molecular flexibility index (Phi) is 1.04. The second-order valence-electron chi connectivity index (χ2n) is 2.49. The van der Waals surface area contributed by atoms with Crippen molar-refractivity contribution in [3.05, 3.63) is 18.0 Å². The summed E-state index contributed by atoms with van der Waals surface area (Å²) in [6, 6.07) is 1.84. The molecule has 9 heavy (non-hydrogen) atoms. The van der Waals surface area contributed by atoms with Crippen LogP contribution < -0.4 is 0 Å². The molecule has 2 nitrogen and oxygen atoms in total. The predicted molar refractivity (Wildman–Crippen MR) is 31.9 cm³/mol. The second kappa shape index (κ2) is 1.87. The molecule has 1 aliphatic rings. The lowest BCUT2D eigenvalue weighted by Crippen LogP contribution is -2.07. The number of hydrogen-bond acceptors (Lipinski definition) is 2. The zero-order valence-electron chi connectivity index (χ0n) is 5.13. The maximum Gasteiger partial charge on any atom is 0.140 e. The molecule has 0 spiro atoms. The first kappa shape index (κ1) is 5.03. The normalized spacial score (nSPS) is 19.6. The molecular weight excluding hydrogens is 114 g/mol. The Bertz CT molecular complexity index is 177. The van der Waals surface area contributed by atoms with E-state index in [1.165, 1.54) is 19.3 Å². The van der Waals surface area contributed by atoms with Crippen LogP contribution in [0.1, 0.15) is 30.9 Å². The molecule has 0 saturated heterocycles. The van der Waals surface area contributed by atoms with E-state index in [0.717, 1.165) is 5.76 Å². The number of aromatic nitrogens is 1. The van der Waals surface area contributed by atoms with Gasteiger partial charge < -0.3 is 4.52 Å². The summed E-state index contributed by atoms with van der Waals surface area (Å²) in [5.74, 6) is 1.67. The third-order valence-electron chi connectivity index (χ3n) is 1.92. The zero-order chi connectivity index (χ0) is 6.10. The van der Waals surface area contributed by atoms with Crippen molar-refractivity contribution in [1.29, 1.82) is 0 Å². The Hall–Kier alpha value is -0.790. The first-order valence-electron chi connectivity index (χ1n) is 3.29. The van der Waals surface area contributed by atoms with Crippen molar-refractivity contribution in [3.63, 3.8) is 0 Å². The molecule has 1 fully saturated rings. The fourth-order valence-corrected chi connectivity index (χ4v) is 1.08. The molecule has 2 heteroatoms. The number of nitrogens with zero attached hydrogens (tertiary/aromatic N) is 1. The summed E-state index contributed by atoms with van der Waals surface area (Å²) < 4.78 is 4.93. The van der Waals surface area contributed by atoms with E-state index in [0.29, 0.717) is 5.92 Å². The molecule has 47 valence electrons. The van der Waals surface area contributed by atoms with Crippen LogP contribution in [-0.4, -0.2) is 5.16 Å². The van der Waals surface area contributed by atoms with Gasteiger partial charge in [0, 0.05) is 12.0 Å². The smallest absolute Gasteiger partial charge is 0.140 e. The quantitative estimate of drug-likeness (QED) is 0.567. The molecule has 2 rings (SSSR count). The topological polar surface area (TPSA) is 26.0 Å². The first-order chi connectivity index (χ1) is 4.47. The molecule has 1 radical (unpaired) electrons. The van der Waals surface area contributed by atoms with E-state index < -0.39 is 0 Å². The Labute approximate surface area is 53.9 Å². The van der Waals surface area contributed by atoms with Gasteiger partial charge in [-0.15, -0.1) is 0 Å². The molecule has 0 N–H and O–H groups in total. The minimum atomic E-state index is 0.656. The lowest BCUT2D eigenvalue weighted by atomic mass is 9.84. The maximum atomic E-state index is 4.93. The number of rotatable bonds is 1. The molecule has 0 aliphatic heterocycles. The van der Waals surface area contributed by atoms with Gasteiger partial charge in [0.15, 0.2) is 0 Å². The van der Waals surface area contributed by atoms with Crippen LogP contribution in [0.25, 0.3) is 0 Å². The van der Waals surface area contributed by atoms with E-state index in [1.54, 1.807) is 0 Å². The van der Waals surface area contributed by atoms with Crippen molar-refractivity contribution in [2.45, 2.75) is 25.2 Å². The molecule has 1 aliphatic carbocycles. The second-order valence-corrected chi connectivity index (χ2v) is 2.49. The van der Waals surface area contributed by atoms with Crippen molar-refractivity contribution in [1.82, 2.24) is 5.16 Å². The van der Waals surface area contributed by atoms with Crippen molar-refractivity contribution >= 4 is 0 Å². The van der Waals surface area contributed by atoms with E-state index in [1.807, 2.05) is 6.07 Å². The van der Waals surface area contributed by atoms with Gasteiger partial charge >= 0.3 is 0 Å². The van der Waals surface area contributed by atoms with E-state index in [-0.39, 0.29) is 0 Å². The van der Waals surface area contributed by atoms with Crippen molar-refractivity contribution in [2.24, 2.45) is 0 Å². The lowest BCUT2D eigenvalue weighted by molar-refractivity contribution is 0.300. The lowest BCUT2D eigenvalue weighted by Gasteiger charge is -2.21. The SMILES string of the molecule is [c]1cc(C2CCC2)on1. The van der Waals surface area contributed by atoms with Gasteiger partial charge in [0.25, 0.3) is 0 Å². The van der Waals surface area contributed by atoms with Gasteiger partial charge in [0.05, 0.1) is 0 Å². The van der Waals surface area contributed by atoms with Crippen LogP contribution in [0, 0.1) is 6.20 Å². The minimum absolute atomic E-state index is 0.656. The van der Waals surface area contributed by atoms with Crippen LogP contribution in [-0.2, 0) is 0 Å². The van der Waals surface area contributed by atoms with Crippen molar-refractivity contribution in [2.75, 3.05) is 0 Å². The van der Waals surface area contributed by atoms with E-state index in [9.17, 15) is 0 Å². The Morgan fingerprint density at radius 1 is 1.67 bits per heavy atom. The monoisotopic (exact) mass is 122 g/mol. The molecule has 1 aromatic heterocycles. The summed E-state index contributed by atoms with van der Waals surface area (Å²) in [4.78, 5) is 0. The molecule has 1 saturated carbocycles. The molecule has 0 unspecified atom stereocenters. The average Bonchev–Trinajstić information content (AvgIpc) is 2.11. The Morgan fingerprint density at radius 2 is 2.56 bits per heavy atom. The Morgan fingerprint density at radius 3 is 3.00 bits per heavy atom. The summed E-state index contributed by atoms with van der Waals surface area (Å²) >= 11 is 0. The van der Waals surface area contributed by atoms with Gasteiger partial charge in [0.1, 0.15) is 12.0 Å². The summed E-state index contributed by atoms with van der Waals surface area (Å²) in [5, 5.41) is 3.53. The van der Waals surface area contributed by atoms with Crippen LogP contribution in [0.4, 0.5) is 0 Å². The van der Waals surface area contributed by atoms with Crippen LogP contribution in [0.3, 0.4) is 0 Å². The van der Waals surface area contributed by atoms with Gasteiger partial charge in [-0.2, -0.15) is 0 Å². The van der Waals surface area contributed by atoms with Crippen LogP contribution in [0.2, 0.25) is 0 Å². The van der Waals surface area contributed by atoms with Crippen LogP contribution >= 0.6 is 0 Å². The summed E-state index contributed by atoms with van der Waals surface area (Å²) in [6.45, 7) is 0. The zero-order valence-corrected chi connectivity index (χ0v) is 5.13. The van der Waals surface area contributed by atoms with Gasteiger partial charge in [0.2, 0.25) is 0 Å². The van der Waals surface area contributed by atoms with Crippen molar-refractivity contribution in [3.8, 4) is 0 Å². The summed E-state index contributed by atoms with van der Waals surface area (Å²) in [5.41, 5.74) is 0. The van der Waals surface area contributed by atoms with E-state index in [4.69, 9.17) is 4.52 Å². The third-order valence-corrected chi connectivity index (χ3v) is 1.92. The highest BCUT2D eigenvalue weighted by Gasteiger charge is 2.22. The fraction of sp³-hybridized carbons (Fsp3) is 0.571. The number of hydrogen-bond donors (Lipinski definition) is 0. The van der Waals surface area contributed by atoms with Crippen molar-refractivity contribution < 1.29 is 4.52 Å². The molecule has 0 bridgehead atoms. The molecule has 1 aromatic rings. The predicted octanol–water partition coefficient (Wildman–Crippen LogP) is 1.74. The maximum absolute atomic E-state index is 4.93. The average molecular weight is 122 g/mol. The highest BCUT2D eigenvalue weighted by atomic mass is 16.5. The first-order valence-corrected chi connectivity index (χ1v) is 3.29. The molecule has 0 atom stereocenters. The standard InChI is InChI=1S/C7H8NO/c1-2-6(3-1)7-4-5-8-9-7/h4,6H,1-3H2. The van der Waals surface area contributed by atoms with Crippen LogP contribution in [0.5, 0.6) is 0 Å². The van der Waals surface area contributed by atoms with Gasteiger partial charge in [-0.05, 0) is 12.8 Å². The van der Waals surface area contributed by atoms with Gasteiger partial charge in [-0.1, -0.05) is 11.6 Å². The van der Waals surface area contributed by atoms with E-state index >= 15 is 0 Å². The van der Waals surface area contributed by atoms with Gasteiger partial charge in [-0.3, -0.25) is 0 Å². The molecule has 1 heterocycles. The third kappa shape index (κ3) is 0.745. The highest BCUT2D eigenvalue weighted by molar-refractivity contribution is 5.04. The highest BCUT2D eigenvalue weighted by Crippen LogP contribution is 2.35. The molecule has 0 amide bonds. The molecular formula is C7H8NO.